The van der Waals surface area contributed by atoms with Gasteiger partial charge in [-0.2, -0.15) is 9.61 Å². The number of nitrogens with zero attached hydrogens (tertiary/aromatic N) is 6. The Hall–Kier alpha value is -4.35. The van der Waals surface area contributed by atoms with Crippen molar-refractivity contribution in [2.45, 2.75) is 50.2 Å². The number of nitrogens with one attached hydrogen (secondary N) is 1. The normalized spacial score (nSPS) is 22.3. The molecule has 42 heavy (non-hydrogen) atoms. The number of hydrogen-bond donors (Lipinski definition) is 2. The first-order valence-corrected chi connectivity index (χ1v) is 14.3. The maximum absolute atomic E-state index is 14.9. The van der Waals surface area contributed by atoms with Crippen LogP contribution in [0, 0.1) is 0 Å². The van der Waals surface area contributed by atoms with Crippen molar-refractivity contribution < 1.29 is 19.0 Å². The summed E-state index contributed by atoms with van der Waals surface area (Å²) in [7, 11) is 1.97. The van der Waals surface area contributed by atoms with Gasteiger partial charge < -0.3 is 24.6 Å². The van der Waals surface area contributed by atoms with Crippen LogP contribution in [0.3, 0.4) is 0 Å². The minimum atomic E-state index is -0.932. The van der Waals surface area contributed by atoms with Crippen molar-refractivity contribution in [2.75, 3.05) is 25.2 Å². The molecule has 1 aliphatic carbocycles. The lowest BCUT2D eigenvalue weighted by Gasteiger charge is -2.21. The number of hydrogen-bond acceptors (Lipinski definition) is 7. The fraction of sp³-hybridized carbons (Fsp3) is 0.355. The van der Waals surface area contributed by atoms with Crippen LogP contribution in [0.2, 0.25) is 0 Å². The third-order valence-electron chi connectivity index (χ3n) is 8.34. The molecule has 4 atom stereocenters. The number of fused-ring (bicyclic) bond motifs is 2. The van der Waals surface area contributed by atoms with Crippen LogP contribution in [-0.4, -0.2) is 73.7 Å². The average molecular weight is 570 g/mol. The molecule has 1 saturated carbocycles. The lowest BCUT2D eigenvalue weighted by molar-refractivity contribution is 0.0888. The number of carbonyl (C=O) groups excluding carboxylic acids is 1. The summed E-state index contributed by atoms with van der Waals surface area (Å²) in [6, 6.07) is 15.1. The van der Waals surface area contributed by atoms with Gasteiger partial charge in [0.1, 0.15) is 23.2 Å². The monoisotopic (exact) mass is 569 g/mol. The second kappa shape index (κ2) is 10.8. The van der Waals surface area contributed by atoms with E-state index in [1.54, 1.807) is 10.7 Å². The Kier molecular flexibility index (Phi) is 6.83. The summed E-state index contributed by atoms with van der Waals surface area (Å²) in [6.07, 6.45) is 5.59. The Bertz CT molecular complexity index is 1750. The number of amides is 1. The van der Waals surface area contributed by atoms with Crippen molar-refractivity contribution in [3.63, 3.8) is 0 Å². The Morgan fingerprint density at radius 3 is 2.79 bits per heavy atom. The molecule has 216 valence electrons. The highest BCUT2D eigenvalue weighted by Gasteiger charge is 2.32. The number of anilines is 1. The van der Waals surface area contributed by atoms with Crippen LogP contribution in [0.5, 0.6) is 0 Å². The largest absolute Gasteiger partial charge is 0.388 e. The average Bonchev–Trinajstić information content (AvgIpc) is 3.79. The van der Waals surface area contributed by atoms with E-state index in [4.69, 9.17) is 9.72 Å². The van der Waals surface area contributed by atoms with Crippen LogP contribution in [0.1, 0.15) is 41.2 Å². The van der Waals surface area contributed by atoms with Gasteiger partial charge in [0.05, 0.1) is 43.3 Å². The highest BCUT2D eigenvalue weighted by Crippen LogP contribution is 2.39. The van der Waals surface area contributed by atoms with Crippen molar-refractivity contribution >= 4 is 28.4 Å². The SMILES string of the molecule is CN(Cc1ccccc1)c1cc(-c2cn([C@H]3CCC[C@H]3F)c3ncccc23)nc2c(C(=O)N[C@H]3COC[C@H]3O)cnn12. The summed E-state index contributed by atoms with van der Waals surface area (Å²) in [5.41, 5.74) is 3.92. The van der Waals surface area contributed by atoms with Crippen LogP contribution < -0.4 is 10.2 Å². The zero-order chi connectivity index (χ0) is 28.8. The van der Waals surface area contributed by atoms with Gasteiger partial charge in [-0.3, -0.25) is 4.79 Å². The summed E-state index contributed by atoms with van der Waals surface area (Å²) < 4.78 is 23.9. The predicted molar refractivity (Wildman–Crippen MR) is 156 cm³/mol. The zero-order valence-electron chi connectivity index (χ0n) is 23.2. The second-order valence-corrected chi connectivity index (χ2v) is 11.2. The Morgan fingerprint density at radius 1 is 1.17 bits per heavy atom. The molecule has 2 fully saturated rings. The molecular formula is C31H32FN7O3. The molecular weight excluding hydrogens is 537 g/mol. The number of pyridine rings is 1. The van der Waals surface area contributed by atoms with E-state index < -0.39 is 24.2 Å². The molecule has 11 heteroatoms. The first-order valence-electron chi connectivity index (χ1n) is 14.3. The number of carbonyl (C=O) groups is 1. The van der Waals surface area contributed by atoms with Gasteiger partial charge in [0, 0.05) is 43.0 Å². The number of aromatic nitrogens is 5. The zero-order valence-corrected chi connectivity index (χ0v) is 23.2. The number of benzene rings is 1. The standard InChI is InChI=1S/C31H32FN7O3/c1-37(15-19-7-3-2-4-8-19)28-13-24(22-16-38(26-11-5-10-23(26)32)29-20(22)9-6-12-33-29)35-30-21(14-34-39(28)30)31(41)36-25-17-42-18-27(25)40/h2-4,6-9,12-14,16,23,25-27,40H,5,10-11,15,17-18H2,1H3,(H,36,41)/t23-,25+,26+,27-/m1/s1. The molecule has 4 aromatic heterocycles. The van der Waals surface area contributed by atoms with E-state index in [1.165, 1.54) is 6.20 Å². The van der Waals surface area contributed by atoms with E-state index in [0.717, 1.165) is 35.2 Å². The second-order valence-electron chi connectivity index (χ2n) is 11.2. The highest BCUT2D eigenvalue weighted by atomic mass is 19.1. The van der Waals surface area contributed by atoms with Gasteiger partial charge >= 0.3 is 0 Å². The van der Waals surface area contributed by atoms with Gasteiger partial charge in [0.15, 0.2) is 5.65 Å². The lowest BCUT2D eigenvalue weighted by Crippen LogP contribution is -2.42. The molecule has 10 nitrogen and oxygen atoms in total. The Morgan fingerprint density at radius 2 is 2.02 bits per heavy atom. The predicted octanol–water partition coefficient (Wildman–Crippen LogP) is 3.94. The first kappa shape index (κ1) is 26.5. The third-order valence-corrected chi connectivity index (χ3v) is 8.34. The molecule has 1 aliphatic heterocycles. The molecule has 1 aromatic carbocycles. The van der Waals surface area contributed by atoms with Gasteiger partial charge in [-0.1, -0.05) is 30.3 Å². The van der Waals surface area contributed by atoms with E-state index in [-0.39, 0.29) is 24.8 Å². The number of rotatable bonds is 7. The molecule has 2 N–H and O–H groups in total. The summed E-state index contributed by atoms with van der Waals surface area (Å²) in [4.78, 5) is 25.1. The fourth-order valence-electron chi connectivity index (χ4n) is 6.13. The fourth-order valence-corrected chi connectivity index (χ4v) is 6.13. The molecule has 2 aliphatic rings. The van der Waals surface area contributed by atoms with Gasteiger partial charge in [0.2, 0.25) is 0 Å². The van der Waals surface area contributed by atoms with Crippen LogP contribution in [0.25, 0.3) is 27.9 Å². The number of alkyl halides is 1. The van der Waals surface area contributed by atoms with Crippen LogP contribution in [0.4, 0.5) is 10.2 Å². The van der Waals surface area contributed by atoms with E-state index >= 15 is 0 Å². The highest BCUT2D eigenvalue weighted by molar-refractivity contribution is 6.01. The van der Waals surface area contributed by atoms with Crippen LogP contribution in [0.15, 0.2) is 67.1 Å². The van der Waals surface area contributed by atoms with Crippen LogP contribution in [-0.2, 0) is 11.3 Å². The van der Waals surface area contributed by atoms with Crippen molar-refractivity contribution in [1.82, 2.24) is 29.5 Å². The minimum Gasteiger partial charge on any atom is -0.388 e. The molecule has 0 bridgehead atoms. The topological polar surface area (TPSA) is 110 Å². The Balaban J connectivity index is 1.37. The number of aliphatic hydroxyl groups excluding tert-OH is 1. The van der Waals surface area contributed by atoms with E-state index in [9.17, 15) is 14.3 Å². The number of halogens is 1. The number of ether oxygens (including phenoxy) is 1. The van der Waals surface area contributed by atoms with Crippen molar-refractivity contribution in [3.8, 4) is 11.3 Å². The van der Waals surface area contributed by atoms with Crippen molar-refractivity contribution in [2.24, 2.45) is 0 Å². The molecule has 0 spiro atoms. The molecule has 0 unspecified atom stereocenters. The molecule has 7 rings (SSSR count). The minimum absolute atomic E-state index is 0.176. The molecule has 1 saturated heterocycles. The molecule has 5 aromatic rings. The lowest BCUT2D eigenvalue weighted by atomic mass is 10.1. The maximum atomic E-state index is 14.9. The van der Waals surface area contributed by atoms with E-state index in [0.29, 0.717) is 30.0 Å². The summed E-state index contributed by atoms with van der Waals surface area (Å²) in [5, 5.41) is 18.5. The Labute approximate surface area is 241 Å². The molecule has 1 amide bonds. The van der Waals surface area contributed by atoms with E-state index in [2.05, 4.69) is 32.4 Å². The third kappa shape index (κ3) is 4.68. The molecule has 5 heterocycles. The van der Waals surface area contributed by atoms with E-state index in [1.807, 2.05) is 54.2 Å². The van der Waals surface area contributed by atoms with Gasteiger partial charge in [-0.15, -0.1) is 0 Å². The smallest absolute Gasteiger partial charge is 0.257 e. The maximum Gasteiger partial charge on any atom is 0.257 e. The van der Waals surface area contributed by atoms with Gasteiger partial charge in [-0.25, -0.2) is 14.4 Å². The molecule has 0 radical (unpaired) electrons. The van der Waals surface area contributed by atoms with Gasteiger partial charge in [-0.05, 0) is 37.0 Å². The van der Waals surface area contributed by atoms with Crippen molar-refractivity contribution in [1.29, 1.82) is 0 Å². The first-order chi connectivity index (χ1) is 20.5. The number of aliphatic hydroxyl groups is 1. The summed E-state index contributed by atoms with van der Waals surface area (Å²) >= 11 is 0. The quantitative estimate of drug-likeness (QED) is 0.306. The van der Waals surface area contributed by atoms with Crippen molar-refractivity contribution in [3.05, 3.63) is 78.2 Å². The summed E-state index contributed by atoms with van der Waals surface area (Å²) in [6.45, 7) is 1.01. The van der Waals surface area contributed by atoms with Crippen LogP contribution >= 0.6 is 0 Å². The van der Waals surface area contributed by atoms with Gasteiger partial charge in [0.25, 0.3) is 5.91 Å². The summed E-state index contributed by atoms with van der Waals surface area (Å²) in [5.74, 6) is 0.340.